The maximum atomic E-state index is 13.5. The van der Waals surface area contributed by atoms with Gasteiger partial charge in [0.1, 0.15) is 5.82 Å². The summed E-state index contributed by atoms with van der Waals surface area (Å²) in [7, 11) is 0. The maximum Gasteiger partial charge on any atom is 0.137 e. The van der Waals surface area contributed by atoms with Crippen LogP contribution in [-0.4, -0.2) is 6.04 Å². The second-order valence-corrected chi connectivity index (χ2v) is 7.38. The molecule has 1 aliphatic rings. The molecule has 106 valence electrons. The third-order valence-corrected chi connectivity index (χ3v) is 5.36. The number of benzene rings is 1. The van der Waals surface area contributed by atoms with E-state index < -0.39 is 0 Å². The summed E-state index contributed by atoms with van der Waals surface area (Å²) in [4.78, 5) is 0. The number of rotatable bonds is 3. The van der Waals surface area contributed by atoms with E-state index in [1.54, 1.807) is 6.07 Å². The van der Waals surface area contributed by atoms with Gasteiger partial charge in [-0.1, -0.05) is 26.0 Å². The molecule has 2 N–H and O–H groups in total. The van der Waals surface area contributed by atoms with E-state index in [4.69, 9.17) is 5.73 Å². The summed E-state index contributed by atoms with van der Waals surface area (Å²) >= 11 is 3.32. The molecule has 0 bridgehead atoms. The van der Waals surface area contributed by atoms with E-state index in [1.165, 1.54) is 31.7 Å². The van der Waals surface area contributed by atoms with Crippen molar-refractivity contribution in [2.45, 2.75) is 52.0 Å². The summed E-state index contributed by atoms with van der Waals surface area (Å²) in [6.45, 7) is 4.66. The Labute approximate surface area is 123 Å². The number of hydrogen-bond acceptors (Lipinski definition) is 1. The van der Waals surface area contributed by atoms with Crippen LogP contribution in [0.25, 0.3) is 0 Å². The fourth-order valence-corrected chi connectivity index (χ4v) is 3.40. The Kier molecular flexibility index (Phi) is 4.67. The van der Waals surface area contributed by atoms with Crippen molar-refractivity contribution in [1.29, 1.82) is 0 Å². The minimum Gasteiger partial charge on any atom is -0.327 e. The third kappa shape index (κ3) is 3.79. The number of halogens is 2. The van der Waals surface area contributed by atoms with Crippen molar-refractivity contribution in [3.8, 4) is 0 Å². The normalized spacial score (nSPS) is 21.3. The quantitative estimate of drug-likeness (QED) is 0.857. The van der Waals surface area contributed by atoms with Gasteiger partial charge in [-0.25, -0.2) is 4.39 Å². The lowest BCUT2D eigenvalue weighted by molar-refractivity contribution is 0.173. The van der Waals surface area contributed by atoms with Gasteiger partial charge in [0.2, 0.25) is 0 Å². The zero-order valence-electron chi connectivity index (χ0n) is 11.8. The molecule has 1 aliphatic carbocycles. The lowest BCUT2D eigenvalue weighted by Crippen LogP contribution is -2.36. The van der Waals surface area contributed by atoms with Crippen LogP contribution in [0.5, 0.6) is 0 Å². The van der Waals surface area contributed by atoms with Crippen molar-refractivity contribution in [3.05, 3.63) is 34.1 Å². The Balaban J connectivity index is 1.98. The van der Waals surface area contributed by atoms with Crippen LogP contribution >= 0.6 is 15.9 Å². The van der Waals surface area contributed by atoms with Crippen LogP contribution < -0.4 is 5.73 Å². The standard InChI is InChI=1S/C16H23BrFN/c1-16(2)8-6-11(7-9-16)14(19)10-12-4-3-5-13(18)15(12)17/h3-5,11,14H,6-10,19H2,1-2H3. The molecule has 3 heteroatoms. The molecule has 1 aromatic carbocycles. The second-order valence-electron chi connectivity index (χ2n) is 6.58. The average molecular weight is 328 g/mol. The molecule has 1 unspecified atom stereocenters. The van der Waals surface area contributed by atoms with Crippen LogP contribution in [0.1, 0.15) is 45.1 Å². The van der Waals surface area contributed by atoms with E-state index in [-0.39, 0.29) is 11.9 Å². The van der Waals surface area contributed by atoms with Gasteiger partial charge >= 0.3 is 0 Å². The molecule has 1 nitrogen and oxygen atoms in total. The first-order valence-corrected chi connectivity index (χ1v) is 7.87. The number of hydrogen-bond donors (Lipinski definition) is 1. The van der Waals surface area contributed by atoms with Gasteiger partial charge in [0, 0.05) is 6.04 Å². The first-order valence-electron chi connectivity index (χ1n) is 7.07. The van der Waals surface area contributed by atoms with Gasteiger partial charge in [-0.15, -0.1) is 0 Å². The van der Waals surface area contributed by atoms with E-state index >= 15 is 0 Å². The molecule has 2 rings (SSSR count). The Hall–Kier alpha value is -0.410. The highest BCUT2D eigenvalue weighted by molar-refractivity contribution is 9.10. The van der Waals surface area contributed by atoms with Gasteiger partial charge in [-0.3, -0.25) is 0 Å². The summed E-state index contributed by atoms with van der Waals surface area (Å²) in [6, 6.07) is 5.32. The van der Waals surface area contributed by atoms with Crippen molar-refractivity contribution in [2.75, 3.05) is 0 Å². The van der Waals surface area contributed by atoms with Gasteiger partial charge in [-0.2, -0.15) is 0 Å². The first kappa shape index (κ1) is 15.0. The highest BCUT2D eigenvalue weighted by Crippen LogP contribution is 2.39. The summed E-state index contributed by atoms with van der Waals surface area (Å²) < 4.78 is 14.1. The van der Waals surface area contributed by atoms with Crippen molar-refractivity contribution in [1.82, 2.24) is 0 Å². The molecule has 0 aliphatic heterocycles. The highest BCUT2D eigenvalue weighted by Gasteiger charge is 2.30. The van der Waals surface area contributed by atoms with Crippen molar-refractivity contribution < 1.29 is 4.39 Å². The molecule has 1 fully saturated rings. The molecular weight excluding hydrogens is 305 g/mol. The lowest BCUT2D eigenvalue weighted by Gasteiger charge is -2.37. The maximum absolute atomic E-state index is 13.5. The van der Waals surface area contributed by atoms with E-state index in [0.29, 0.717) is 15.8 Å². The smallest absolute Gasteiger partial charge is 0.137 e. The van der Waals surface area contributed by atoms with Crippen molar-refractivity contribution in [2.24, 2.45) is 17.1 Å². The van der Waals surface area contributed by atoms with Gasteiger partial charge in [-0.05, 0) is 71.0 Å². The fourth-order valence-electron chi connectivity index (χ4n) is 2.98. The van der Waals surface area contributed by atoms with Gasteiger partial charge in [0.05, 0.1) is 4.47 Å². The Morgan fingerprint density at radius 2 is 2.00 bits per heavy atom. The van der Waals surface area contributed by atoms with Crippen LogP contribution in [0.15, 0.2) is 22.7 Å². The molecule has 0 saturated heterocycles. The highest BCUT2D eigenvalue weighted by atomic mass is 79.9. The third-order valence-electron chi connectivity index (χ3n) is 4.48. The predicted molar refractivity (Wildman–Crippen MR) is 81.5 cm³/mol. The molecule has 1 aromatic rings. The van der Waals surface area contributed by atoms with E-state index in [0.717, 1.165) is 12.0 Å². The molecule has 19 heavy (non-hydrogen) atoms. The van der Waals surface area contributed by atoms with Crippen LogP contribution in [0.2, 0.25) is 0 Å². The summed E-state index contributed by atoms with van der Waals surface area (Å²) in [6.07, 6.45) is 5.64. The zero-order chi connectivity index (χ0) is 14.0. The Morgan fingerprint density at radius 1 is 1.37 bits per heavy atom. The molecule has 0 heterocycles. The Bertz CT molecular complexity index is 434. The first-order chi connectivity index (χ1) is 8.89. The van der Waals surface area contributed by atoms with Gasteiger partial charge < -0.3 is 5.73 Å². The second kappa shape index (κ2) is 5.92. The van der Waals surface area contributed by atoms with Crippen LogP contribution in [0.3, 0.4) is 0 Å². The lowest BCUT2D eigenvalue weighted by atomic mass is 9.70. The molecule has 1 atom stereocenters. The van der Waals surface area contributed by atoms with Gasteiger partial charge in [0.25, 0.3) is 0 Å². The van der Waals surface area contributed by atoms with Crippen LogP contribution in [0, 0.1) is 17.2 Å². The van der Waals surface area contributed by atoms with Crippen molar-refractivity contribution >= 4 is 15.9 Å². The van der Waals surface area contributed by atoms with E-state index in [2.05, 4.69) is 29.8 Å². The minimum absolute atomic E-state index is 0.134. The summed E-state index contributed by atoms with van der Waals surface area (Å²) in [5.74, 6) is 0.373. The SMILES string of the molecule is CC1(C)CCC(C(N)Cc2cccc(F)c2Br)CC1. The predicted octanol–water partition coefficient (Wildman–Crippen LogP) is 4.67. The average Bonchev–Trinajstić information content (AvgIpc) is 2.35. The molecule has 0 amide bonds. The largest absolute Gasteiger partial charge is 0.327 e. The van der Waals surface area contributed by atoms with Gasteiger partial charge in [0.15, 0.2) is 0 Å². The van der Waals surface area contributed by atoms with Crippen molar-refractivity contribution in [3.63, 3.8) is 0 Å². The Morgan fingerprint density at radius 3 is 2.63 bits per heavy atom. The van der Waals surface area contributed by atoms with Crippen LogP contribution in [-0.2, 0) is 6.42 Å². The molecule has 0 radical (unpaired) electrons. The molecular formula is C16H23BrFN. The summed E-state index contributed by atoms with van der Waals surface area (Å²) in [5.41, 5.74) is 7.80. The zero-order valence-corrected chi connectivity index (χ0v) is 13.3. The topological polar surface area (TPSA) is 26.0 Å². The number of nitrogens with two attached hydrogens (primary N) is 1. The molecule has 1 saturated carbocycles. The fraction of sp³-hybridized carbons (Fsp3) is 0.625. The van der Waals surface area contributed by atoms with Crippen LogP contribution in [0.4, 0.5) is 4.39 Å². The van der Waals surface area contributed by atoms with E-state index in [9.17, 15) is 4.39 Å². The van der Waals surface area contributed by atoms with E-state index in [1.807, 2.05) is 6.07 Å². The summed E-state index contributed by atoms with van der Waals surface area (Å²) in [5, 5.41) is 0. The minimum atomic E-state index is -0.200. The molecule has 0 spiro atoms. The monoisotopic (exact) mass is 327 g/mol. The molecule has 0 aromatic heterocycles.